The van der Waals surface area contributed by atoms with Crippen LogP contribution in [0, 0.1) is 10.8 Å². The normalized spacial score (nSPS) is 14.2. The number of rotatable bonds is 3. The summed E-state index contributed by atoms with van der Waals surface area (Å²) in [4.78, 5) is 10.8. The zero-order chi connectivity index (χ0) is 11.8. The van der Waals surface area contributed by atoms with Gasteiger partial charge in [-0.15, -0.1) is 0 Å². The molecule has 0 aliphatic rings. The van der Waals surface area contributed by atoms with Gasteiger partial charge in [0.25, 0.3) is 0 Å². The van der Waals surface area contributed by atoms with Gasteiger partial charge in [-0.1, -0.05) is 20.8 Å². The van der Waals surface area contributed by atoms with Crippen LogP contribution in [0.4, 0.5) is 0 Å². The van der Waals surface area contributed by atoms with Crippen LogP contribution in [0.1, 0.15) is 41.0 Å². The van der Waals surface area contributed by atoms with Crippen LogP contribution in [0.3, 0.4) is 0 Å². The van der Waals surface area contributed by atoms with Crippen LogP contribution in [0.15, 0.2) is 0 Å². The molecule has 0 bridgehead atoms. The summed E-state index contributed by atoms with van der Waals surface area (Å²) in [5.74, 6) is -3.41. The average molecular weight is 204 g/mol. The van der Waals surface area contributed by atoms with Gasteiger partial charge in [0.15, 0.2) is 5.79 Å². The van der Waals surface area contributed by atoms with Gasteiger partial charge in [0.05, 0.1) is 0 Å². The summed E-state index contributed by atoms with van der Waals surface area (Å²) >= 11 is 0. The van der Waals surface area contributed by atoms with Gasteiger partial charge in [-0.2, -0.15) is 0 Å². The van der Waals surface area contributed by atoms with E-state index < -0.39 is 17.2 Å². The molecule has 0 rings (SSSR count). The number of carbonyl (C=O) groups is 1. The summed E-state index contributed by atoms with van der Waals surface area (Å²) in [7, 11) is 0. The maximum absolute atomic E-state index is 10.8. The Morgan fingerprint density at radius 1 is 1.07 bits per heavy atom. The maximum Gasteiger partial charge on any atom is 0.314 e. The van der Waals surface area contributed by atoms with Crippen LogP contribution in [0.2, 0.25) is 0 Å². The SMILES string of the molecule is CC(C)(C)CC(O)(O)C(C)(C)C(=O)O. The monoisotopic (exact) mass is 204 g/mol. The predicted octanol–water partition coefficient (Wildman–Crippen LogP) is 1.21. The van der Waals surface area contributed by atoms with E-state index in [9.17, 15) is 15.0 Å². The second-order valence-corrected chi connectivity index (χ2v) is 5.48. The quantitative estimate of drug-likeness (QED) is 0.604. The zero-order valence-corrected chi connectivity index (χ0v) is 9.46. The number of aliphatic hydroxyl groups is 2. The van der Waals surface area contributed by atoms with Crippen LogP contribution >= 0.6 is 0 Å². The highest BCUT2D eigenvalue weighted by molar-refractivity contribution is 5.74. The number of carboxylic acids is 1. The summed E-state index contributed by atoms with van der Waals surface area (Å²) in [5.41, 5.74) is -1.91. The largest absolute Gasteiger partial charge is 0.481 e. The summed E-state index contributed by atoms with van der Waals surface area (Å²) < 4.78 is 0. The molecule has 0 aliphatic carbocycles. The van der Waals surface area contributed by atoms with E-state index in [2.05, 4.69) is 0 Å². The van der Waals surface area contributed by atoms with Crippen molar-refractivity contribution in [2.75, 3.05) is 0 Å². The lowest BCUT2D eigenvalue weighted by molar-refractivity contribution is -0.250. The molecule has 4 nitrogen and oxygen atoms in total. The molecule has 0 atom stereocenters. The highest BCUT2D eigenvalue weighted by Crippen LogP contribution is 2.38. The lowest BCUT2D eigenvalue weighted by Crippen LogP contribution is -2.51. The third-order valence-electron chi connectivity index (χ3n) is 2.31. The van der Waals surface area contributed by atoms with E-state index in [0.29, 0.717) is 0 Å². The highest BCUT2D eigenvalue weighted by Gasteiger charge is 2.49. The molecular weight excluding hydrogens is 184 g/mol. The summed E-state index contributed by atoms with van der Waals surface area (Å²) in [5, 5.41) is 28.3. The van der Waals surface area contributed by atoms with Gasteiger partial charge in [-0.3, -0.25) is 4.79 Å². The molecule has 0 amide bonds. The third kappa shape index (κ3) is 2.96. The second-order valence-electron chi connectivity index (χ2n) is 5.48. The number of aliphatic carboxylic acids is 1. The zero-order valence-electron chi connectivity index (χ0n) is 9.46. The molecule has 0 aromatic heterocycles. The van der Waals surface area contributed by atoms with Crippen LogP contribution in [0.5, 0.6) is 0 Å². The van der Waals surface area contributed by atoms with Gasteiger partial charge < -0.3 is 15.3 Å². The average Bonchev–Trinajstić information content (AvgIpc) is 1.80. The summed E-state index contributed by atoms with van der Waals surface area (Å²) in [6.45, 7) is 8.09. The smallest absolute Gasteiger partial charge is 0.314 e. The highest BCUT2D eigenvalue weighted by atomic mass is 16.5. The van der Waals surface area contributed by atoms with Crippen molar-refractivity contribution in [3.63, 3.8) is 0 Å². The van der Waals surface area contributed by atoms with Crippen molar-refractivity contribution >= 4 is 5.97 Å². The Labute approximate surface area is 84.6 Å². The molecular formula is C10H20O4. The number of hydrogen-bond acceptors (Lipinski definition) is 3. The number of carboxylic acid groups (broad SMARTS) is 1. The molecule has 0 radical (unpaired) electrons. The van der Waals surface area contributed by atoms with Crippen molar-refractivity contribution < 1.29 is 20.1 Å². The molecule has 0 spiro atoms. The molecule has 0 heterocycles. The minimum absolute atomic E-state index is 0.0132. The first kappa shape index (κ1) is 13.4. The van der Waals surface area contributed by atoms with Crippen molar-refractivity contribution in [2.45, 2.75) is 46.8 Å². The molecule has 0 fully saturated rings. The van der Waals surface area contributed by atoms with E-state index in [1.165, 1.54) is 13.8 Å². The first-order valence-corrected chi connectivity index (χ1v) is 4.58. The minimum atomic E-state index is -2.20. The molecule has 84 valence electrons. The van der Waals surface area contributed by atoms with E-state index in [1.54, 1.807) is 0 Å². The lowest BCUT2D eigenvalue weighted by atomic mass is 9.74. The van der Waals surface area contributed by atoms with Crippen molar-refractivity contribution in [1.82, 2.24) is 0 Å². The molecule has 4 heteroatoms. The molecule has 0 unspecified atom stereocenters. The standard InChI is InChI=1S/C10H20O4/c1-8(2,3)6-10(13,14)9(4,5)7(11)12/h13-14H,6H2,1-5H3,(H,11,12). The Hall–Kier alpha value is -0.610. The van der Waals surface area contributed by atoms with Crippen molar-refractivity contribution in [2.24, 2.45) is 10.8 Å². The lowest BCUT2D eigenvalue weighted by Gasteiger charge is -2.38. The van der Waals surface area contributed by atoms with Crippen molar-refractivity contribution in [3.05, 3.63) is 0 Å². The predicted molar refractivity (Wildman–Crippen MR) is 52.7 cm³/mol. The van der Waals surface area contributed by atoms with Crippen molar-refractivity contribution in [3.8, 4) is 0 Å². The molecule has 0 saturated carbocycles. The fourth-order valence-electron chi connectivity index (χ4n) is 1.13. The first-order valence-electron chi connectivity index (χ1n) is 4.58. The van der Waals surface area contributed by atoms with Gasteiger partial charge >= 0.3 is 5.97 Å². The van der Waals surface area contributed by atoms with Gasteiger partial charge in [0.2, 0.25) is 0 Å². The van der Waals surface area contributed by atoms with Gasteiger partial charge in [-0.05, 0) is 19.3 Å². The van der Waals surface area contributed by atoms with E-state index in [1.807, 2.05) is 20.8 Å². The second kappa shape index (κ2) is 3.51. The molecule has 0 aliphatic heterocycles. The topological polar surface area (TPSA) is 77.8 Å². The molecule has 0 aromatic rings. The van der Waals surface area contributed by atoms with Gasteiger partial charge in [-0.25, -0.2) is 0 Å². The Morgan fingerprint density at radius 2 is 1.43 bits per heavy atom. The van der Waals surface area contributed by atoms with Crippen molar-refractivity contribution in [1.29, 1.82) is 0 Å². The minimum Gasteiger partial charge on any atom is -0.481 e. The number of hydrogen-bond donors (Lipinski definition) is 3. The Kier molecular flexibility index (Phi) is 3.36. The molecule has 0 aromatic carbocycles. The maximum atomic E-state index is 10.8. The fourth-order valence-corrected chi connectivity index (χ4v) is 1.13. The van der Waals surface area contributed by atoms with E-state index >= 15 is 0 Å². The van der Waals surface area contributed by atoms with Crippen LogP contribution in [-0.4, -0.2) is 27.1 Å². The summed E-state index contributed by atoms with van der Waals surface area (Å²) in [6.07, 6.45) is 0.0132. The van der Waals surface area contributed by atoms with Crippen LogP contribution < -0.4 is 0 Å². The third-order valence-corrected chi connectivity index (χ3v) is 2.31. The van der Waals surface area contributed by atoms with E-state index in [4.69, 9.17) is 5.11 Å². The first-order chi connectivity index (χ1) is 5.90. The summed E-state index contributed by atoms with van der Waals surface area (Å²) in [6, 6.07) is 0. The Morgan fingerprint density at radius 3 is 1.64 bits per heavy atom. The Balaban J connectivity index is 4.87. The van der Waals surface area contributed by atoms with Gasteiger partial charge in [0, 0.05) is 6.42 Å². The van der Waals surface area contributed by atoms with E-state index in [0.717, 1.165) is 0 Å². The molecule has 0 saturated heterocycles. The molecule has 14 heavy (non-hydrogen) atoms. The molecule has 3 N–H and O–H groups in total. The van der Waals surface area contributed by atoms with Gasteiger partial charge in [0.1, 0.15) is 5.41 Å². The fraction of sp³-hybridized carbons (Fsp3) is 0.900. The Bertz CT molecular complexity index is 223. The van der Waals surface area contributed by atoms with Crippen LogP contribution in [-0.2, 0) is 4.79 Å². The van der Waals surface area contributed by atoms with E-state index in [-0.39, 0.29) is 11.8 Å². The van der Waals surface area contributed by atoms with Crippen LogP contribution in [0.25, 0.3) is 0 Å².